The van der Waals surface area contributed by atoms with Crippen LogP contribution >= 0.6 is 11.3 Å². The molecule has 0 atom stereocenters. The Morgan fingerprint density at radius 1 is 1.00 bits per heavy atom. The summed E-state index contributed by atoms with van der Waals surface area (Å²) in [6.45, 7) is 5.08. The van der Waals surface area contributed by atoms with Crippen LogP contribution in [0.25, 0.3) is 15.9 Å². The third kappa shape index (κ3) is 3.74. The fourth-order valence-electron chi connectivity index (χ4n) is 4.18. The summed E-state index contributed by atoms with van der Waals surface area (Å²) in [6.07, 6.45) is 0.910. The first kappa shape index (κ1) is 20.3. The molecule has 0 unspecified atom stereocenters. The predicted molar refractivity (Wildman–Crippen MR) is 128 cm³/mol. The van der Waals surface area contributed by atoms with Crippen molar-refractivity contribution >= 4 is 33.1 Å². The number of thiophene rings is 1. The van der Waals surface area contributed by atoms with Gasteiger partial charge in [0.25, 0.3) is 5.91 Å². The smallest absolute Gasteiger partial charge is 0.264 e. The van der Waals surface area contributed by atoms with Crippen LogP contribution in [0.5, 0.6) is 0 Å². The van der Waals surface area contributed by atoms with E-state index in [2.05, 4.69) is 16.1 Å². The maximum Gasteiger partial charge on any atom is 0.264 e. The van der Waals surface area contributed by atoms with Gasteiger partial charge >= 0.3 is 0 Å². The molecule has 2 aromatic heterocycles. The Kier molecular flexibility index (Phi) is 5.38. The van der Waals surface area contributed by atoms with Gasteiger partial charge in [-0.3, -0.25) is 4.79 Å². The van der Waals surface area contributed by atoms with Gasteiger partial charge < -0.3 is 9.80 Å². The van der Waals surface area contributed by atoms with Gasteiger partial charge in [0.1, 0.15) is 4.83 Å². The lowest BCUT2D eigenvalue weighted by Crippen LogP contribution is -2.34. The monoisotopic (exact) mass is 441 g/mol. The number of anilines is 1. The third-order valence-corrected chi connectivity index (χ3v) is 7.00. The average Bonchev–Trinajstić information content (AvgIpc) is 3.30. The molecule has 0 aliphatic carbocycles. The first-order chi connectivity index (χ1) is 15.6. The Labute approximate surface area is 190 Å². The SMILES string of the molecule is Cc1nn(-c2ccccc2)c2sc(C(=O)N3CCCN(c4ccc(C#N)cc4)CC3)cc12. The first-order valence-electron chi connectivity index (χ1n) is 10.7. The lowest BCUT2D eigenvalue weighted by molar-refractivity contribution is 0.0772. The van der Waals surface area contributed by atoms with Crippen molar-refractivity contribution in [3.63, 3.8) is 0 Å². The summed E-state index contributed by atoms with van der Waals surface area (Å²) in [6, 6.07) is 21.8. The summed E-state index contributed by atoms with van der Waals surface area (Å²) in [5, 5.41) is 14.7. The van der Waals surface area contributed by atoms with Gasteiger partial charge in [0.2, 0.25) is 0 Å². The number of para-hydroxylation sites is 1. The Morgan fingerprint density at radius 2 is 1.78 bits per heavy atom. The van der Waals surface area contributed by atoms with E-state index in [4.69, 9.17) is 5.26 Å². The maximum atomic E-state index is 13.4. The van der Waals surface area contributed by atoms with Crippen molar-refractivity contribution in [3.05, 3.63) is 76.8 Å². The number of benzene rings is 2. The second-order valence-corrected chi connectivity index (χ2v) is 8.98. The molecule has 0 spiro atoms. The summed E-state index contributed by atoms with van der Waals surface area (Å²) < 4.78 is 1.93. The minimum Gasteiger partial charge on any atom is -0.370 e. The van der Waals surface area contributed by atoms with E-state index >= 15 is 0 Å². The van der Waals surface area contributed by atoms with Gasteiger partial charge in [0.15, 0.2) is 0 Å². The zero-order valence-corrected chi connectivity index (χ0v) is 18.7. The van der Waals surface area contributed by atoms with Crippen LogP contribution in [0.3, 0.4) is 0 Å². The minimum absolute atomic E-state index is 0.0897. The Hall–Kier alpha value is -3.63. The molecule has 2 aromatic carbocycles. The number of nitrogens with zero attached hydrogens (tertiary/aromatic N) is 5. The van der Waals surface area contributed by atoms with Gasteiger partial charge in [0.05, 0.1) is 27.9 Å². The van der Waals surface area contributed by atoms with E-state index in [1.54, 1.807) is 0 Å². The molecule has 1 fully saturated rings. The molecule has 6 nitrogen and oxygen atoms in total. The first-order valence-corrected chi connectivity index (χ1v) is 11.5. The molecule has 160 valence electrons. The fraction of sp³-hybridized carbons (Fsp3) is 0.240. The van der Waals surface area contributed by atoms with Gasteiger partial charge in [-0.1, -0.05) is 18.2 Å². The van der Waals surface area contributed by atoms with Crippen LogP contribution in [0.2, 0.25) is 0 Å². The van der Waals surface area contributed by atoms with Crippen molar-refractivity contribution in [3.8, 4) is 11.8 Å². The Bertz CT molecular complexity index is 1300. The highest BCUT2D eigenvalue weighted by molar-refractivity contribution is 7.20. The van der Waals surface area contributed by atoms with Gasteiger partial charge in [0, 0.05) is 37.3 Å². The minimum atomic E-state index is 0.0897. The molecule has 7 heteroatoms. The molecule has 0 bridgehead atoms. The number of hydrogen-bond acceptors (Lipinski definition) is 5. The fourth-order valence-corrected chi connectivity index (χ4v) is 5.33. The summed E-state index contributed by atoms with van der Waals surface area (Å²) in [7, 11) is 0. The molecule has 0 N–H and O–H groups in total. The molecule has 0 saturated carbocycles. The Balaban J connectivity index is 1.35. The lowest BCUT2D eigenvalue weighted by atomic mass is 10.2. The van der Waals surface area contributed by atoms with Gasteiger partial charge in [-0.25, -0.2) is 4.68 Å². The standard InChI is InChI=1S/C25H23N5OS/c1-18-22-16-23(32-25(22)30(27-18)21-6-3-2-4-7-21)24(31)29-13-5-12-28(14-15-29)20-10-8-19(17-26)9-11-20/h2-4,6-11,16H,5,12-15H2,1H3. The molecular formula is C25H23N5OS. The molecule has 0 radical (unpaired) electrons. The van der Waals surface area contributed by atoms with E-state index in [1.165, 1.54) is 11.3 Å². The number of carbonyl (C=O) groups excluding carboxylic acids is 1. The summed E-state index contributed by atoms with van der Waals surface area (Å²) in [5.74, 6) is 0.0897. The average molecular weight is 442 g/mol. The number of aryl methyl sites for hydroxylation is 1. The summed E-state index contributed by atoms with van der Waals surface area (Å²) in [5.41, 5.74) is 3.69. The zero-order valence-electron chi connectivity index (χ0n) is 17.9. The van der Waals surface area contributed by atoms with E-state index in [9.17, 15) is 4.79 Å². The summed E-state index contributed by atoms with van der Waals surface area (Å²) in [4.78, 5) is 19.4. The van der Waals surface area contributed by atoms with E-state index in [1.807, 2.05) is 77.2 Å². The van der Waals surface area contributed by atoms with Crippen molar-refractivity contribution in [1.82, 2.24) is 14.7 Å². The molecule has 1 aliphatic heterocycles. The van der Waals surface area contributed by atoms with Crippen LogP contribution in [-0.2, 0) is 0 Å². The highest BCUT2D eigenvalue weighted by Crippen LogP contribution is 2.31. The van der Waals surface area contributed by atoms with Gasteiger partial charge in [-0.15, -0.1) is 11.3 Å². The highest BCUT2D eigenvalue weighted by Gasteiger charge is 2.24. The number of nitriles is 1. The topological polar surface area (TPSA) is 65.2 Å². The molecule has 1 amide bonds. The number of amides is 1. The van der Waals surface area contributed by atoms with E-state index in [0.29, 0.717) is 12.1 Å². The van der Waals surface area contributed by atoms with Gasteiger partial charge in [-0.2, -0.15) is 10.4 Å². The summed E-state index contributed by atoms with van der Waals surface area (Å²) >= 11 is 1.51. The molecule has 5 rings (SSSR count). The zero-order chi connectivity index (χ0) is 22.1. The number of rotatable bonds is 3. The number of hydrogen-bond donors (Lipinski definition) is 0. The lowest BCUT2D eigenvalue weighted by Gasteiger charge is -2.23. The van der Waals surface area contributed by atoms with Crippen LogP contribution in [-0.4, -0.2) is 46.8 Å². The number of aromatic nitrogens is 2. The van der Waals surface area contributed by atoms with Crippen molar-refractivity contribution in [2.24, 2.45) is 0 Å². The number of carbonyl (C=O) groups is 1. The molecule has 4 aromatic rings. The van der Waals surface area contributed by atoms with Crippen molar-refractivity contribution in [2.75, 3.05) is 31.1 Å². The van der Waals surface area contributed by atoms with E-state index < -0.39 is 0 Å². The van der Waals surface area contributed by atoms with Gasteiger partial charge in [-0.05, 0) is 55.8 Å². The second kappa shape index (κ2) is 8.48. The molecule has 1 saturated heterocycles. The van der Waals surface area contributed by atoms with Crippen LogP contribution in [0.4, 0.5) is 5.69 Å². The van der Waals surface area contributed by atoms with Crippen molar-refractivity contribution in [1.29, 1.82) is 5.26 Å². The highest BCUT2D eigenvalue weighted by atomic mass is 32.1. The second-order valence-electron chi connectivity index (χ2n) is 7.95. The predicted octanol–water partition coefficient (Wildman–Crippen LogP) is 4.62. The quantitative estimate of drug-likeness (QED) is 0.465. The van der Waals surface area contributed by atoms with Crippen molar-refractivity contribution < 1.29 is 4.79 Å². The number of fused-ring (bicyclic) bond motifs is 1. The van der Waals surface area contributed by atoms with Crippen LogP contribution in [0.1, 0.15) is 27.3 Å². The molecular weight excluding hydrogens is 418 g/mol. The van der Waals surface area contributed by atoms with E-state index in [-0.39, 0.29) is 5.91 Å². The largest absolute Gasteiger partial charge is 0.370 e. The van der Waals surface area contributed by atoms with Crippen LogP contribution < -0.4 is 4.90 Å². The maximum absolute atomic E-state index is 13.4. The Morgan fingerprint density at radius 3 is 2.53 bits per heavy atom. The van der Waals surface area contributed by atoms with E-state index in [0.717, 1.165) is 58.2 Å². The van der Waals surface area contributed by atoms with Crippen molar-refractivity contribution in [2.45, 2.75) is 13.3 Å². The normalized spacial score (nSPS) is 14.4. The van der Waals surface area contributed by atoms with Crippen LogP contribution in [0.15, 0.2) is 60.7 Å². The van der Waals surface area contributed by atoms with Crippen LogP contribution in [0, 0.1) is 18.3 Å². The molecule has 3 heterocycles. The molecule has 1 aliphatic rings. The third-order valence-electron chi connectivity index (χ3n) is 5.90. The molecule has 32 heavy (non-hydrogen) atoms.